The third-order valence-electron chi connectivity index (χ3n) is 2.65. The van der Waals surface area contributed by atoms with E-state index in [1.54, 1.807) is 12.4 Å². The van der Waals surface area contributed by atoms with Crippen LogP contribution in [0.1, 0.15) is 25.3 Å². The zero-order valence-electron chi connectivity index (χ0n) is 10.0. The van der Waals surface area contributed by atoms with E-state index in [0.29, 0.717) is 6.54 Å². The van der Waals surface area contributed by atoms with Crippen LogP contribution in [0.2, 0.25) is 0 Å². The maximum atomic E-state index is 11.8. The molecule has 0 aromatic carbocycles. The van der Waals surface area contributed by atoms with E-state index in [2.05, 4.69) is 15.6 Å². The first-order chi connectivity index (χ1) is 7.65. The fourth-order valence-electron chi connectivity index (χ4n) is 1.29. The Balaban J connectivity index is 2.49. The van der Waals surface area contributed by atoms with E-state index in [9.17, 15) is 4.79 Å². The quantitative estimate of drug-likeness (QED) is 0.777. The van der Waals surface area contributed by atoms with Gasteiger partial charge in [-0.1, -0.05) is 6.07 Å². The minimum Gasteiger partial charge on any atom is -0.354 e. The van der Waals surface area contributed by atoms with Crippen LogP contribution in [0.25, 0.3) is 0 Å². The predicted octanol–water partition coefficient (Wildman–Crippen LogP) is 0.909. The van der Waals surface area contributed by atoms with E-state index in [1.165, 1.54) is 0 Å². The smallest absolute Gasteiger partial charge is 0.227 e. The standard InChI is InChI=1S/C12H19N3O/c1-9(13-3)7-15-12(16)10(2)11-5-4-6-14-8-11/h4-6,8-10,13H,7H2,1-3H3,(H,15,16). The molecule has 0 radical (unpaired) electrons. The number of pyridine rings is 1. The molecule has 1 rings (SSSR count). The van der Waals surface area contributed by atoms with E-state index in [1.807, 2.05) is 33.0 Å². The number of carbonyl (C=O) groups is 1. The van der Waals surface area contributed by atoms with Gasteiger partial charge in [-0.3, -0.25) is 9.78 Å². The van der Waals surface area contributed by atoms with Crippen molar-refractivity contribution in [1.29, 1.82) is 0 Å². The number of carbonyl (C=O) groups excluding carboxylic acids is 1. The molecule has 0 aliphatic heterocycles. The minimum atomic E-state index is -0.155. The van der Waals surface area contributed by atoms with Crippen LogP contribution in [0.4, 0.5) is 0 Å². The second kappa shape index (κ2) is 6.23. The lowest BCUT2D eigenvalue weighted by Crippen LogP contribution is -2.38. The van der Waals surface area contributed by atoms with Gasteiger partial charge in [-0.15, -0.1) is 0 Å². The lowest BCUT2D eigenvalue weighted by Gasteiger charge is -2.15. The summed E-state index contributed by atoms with van der Waals surface area (Å²) in [7, 11) is 1.88. The Morgan fingerprint density at radius 2 is 2.25 bits per heavy atom. The van der Waals surface area contributed by atoms with Crippen molar-refractivity contribution in [3.8, 4) is 0 Å². The van der Waals surface area contributed by atoms with Crippen LogP contribution in [-0.4, -0.2) is 30.5 Å². The summed E-state index contributed by atoms with van der Waals surface area (Å²) in [6.45, 7) is 4.55. The molecule has 4 nitrogen and oxygen atoms in total. The SMILES string of the molecule is CNC(C)CNC(=O)C(C)c1cccnc1. The molecule has 2 unspecified atom stereocenters. The normalized spacial score (nSPS) is 14.2. The van der Waals surface area contributed by atoms with Crippen LogP contribution < -0.4 is 10.6 Å². The zero-order chi connectivity index (χ0) is 12.0. The molecule has 16 heavy (non-hydrogen) atoms. The third-order valence-corrected chi connectivity index (χ3v) is 2.65. The van der Waals surface area contributed by atoms with E-state index < -0.39 is 0 Å². The number of nitrogens with one attached hydrogen (secondary N) is 2. The van der Waals surface area contributed by atoms with Crippen molar-refractivity contribution < 1.29 is 4.79 Å². The molecule has 2 N–H and O–H groups in total. The molecule has 0 aliphatic carbocycles. The highest BCUT2D eigenvalue weighted by Crippen LogP contribution is 2.12. The summed E-state index contributed by atoms with van der Waals surface area (Å²) in [4.78, 5) is 15.8. The summed E-state index contributed by atoms with van der Waals surface area (Å²) in [5.74, 6) is -0.118. The van der Waals surface area contributed by atoms with Gasteiger partial charge in [0.15, 0.2) is 0 Å². The van der Waals surface area contributed by atoms with Crippen LogP contribution in [0.5, 0.6) is 0 Å². The molecule has 0 spiro atoms. The highest BCUT2D eigenvalue weighted by atomic mass is 16.1. The summed E-state index contributed by atoms with van der Waals surface area (Å²) in [5.41, 5.74) is 0.942. The topological polar surface area (TPSA) is 54.0 Å². The Bertz CT molecular complexity index is 326. The number of aromatic nitrogens is 1. The number of rotatable bonds is 5. The van der Waals surface area contributed by atoms with Gasteiger partial charge in [0.05, 0.1) is 5.92 Å². The van der Waals surface area contributed by atoms with Crippen LogP contribution in [-0.2, 0) is 4.79 Å². The monoisotopic (exact) mass is 221 g/mol. The average Bonchev–Trinajstić information content (AvgIpc) is 2.35. The fraction of sp³-hybridized carbons (Fsp3) is 0.500. The van der Waals surface area contributed by atoms with Crippen molar-refractivity contribution in [2.75, 3.05) is 13.6 Å². The van der Waals surface area contributed by atoms with Crippen molar-refractivity contribution in [2.45, 2.75) is 25.8 Å². The van der Waals surface area contributed by atoms with E-state index in [-0.39, 0.29) is 17.9 Å². The molecular formula is C12H19N3O. The molecule has 1 heterocycles. The van der Waals surface area contributed by atoms with Gasteiger partial charge in [0, 0.05) is 25.0 Å². The lowest BCUT2D eigenvalue weighted by molar-refractivity contribution is -0.122. The molecule has 4 heteroatoms. The van der Waals surface area contributed by atoms with Gasteiger partial charge in [0.2, 0.25) is 5.91 Å². The van der Waals surface area contributed by atoms with Crippen LogP contribution in [0.3, 0.4) is 0 Å². The first-order valence-electron chi connectivity index (χ1n) is 5.50. The number of nitrogens with zero attached hydrogens (tertiary/aromatic N) is 1. The lowest BCUT2D eigenvalue weighted by atomic mass is 10.0. The second-order valence-electron chi connectivity index (χ2n) is 3.94. The first kappa shape index (κ1) is 12.6. The summed E-state index contributed by atoms with van der Waals surface area (Å²) in [6, 6.07) is 4.04. The Kier molecular flexibility index (Phi) is 4.92. The zero-order valence-corrected chi connectivity index (χ0v) is 10.0. The molecule has 1 aromatic rings. The van der Waals surface area contributed by atoms with Gasteiger partial charge in [-0.05, 0) is 32.5 Å². The molecule has 88 valence electrons. The second-order valence-corrected chi connectivity index (χ2v) is 3.94. The third kappa shape index (κ3) is 3.62. The molecule has 0 bridgehead atoms. The maximum absolute atomic E-state index is 11.8. The van der Waals surface area contributed by atoms with Gasteiger partial charge >= 0.3 is 0 Å². The van der Waals surface area contributed by atoms with E-state index >= 15 is 0 Å². The average molecular weight is 221 g/mol. The fourth-order valence-corrected chi connectivity index (χ4v) is 1.29. The summed E-state index contributed by atoms with van der Waals surface area (Å²) in [5, 5.41) is 5.97. The summed E-state index contributed by atoms with van der Waals surface area (Å²) >= 11 is 0. The maximum Gasteiger partial charge on any atom is 0.227 e. The largest absolute Gasteiger partial charge is 0.354 e. The molecule has 0 aliphatic rings. The van der Waals surface area contributed by atoms with Crippen molar-refractivity contribution in [1.82, 2.24) is 15.6 Å². The van der Waals surface area contributed by atoms with Crippen LogP contribution in [0, 0.1) is 0 Å². The Labute approximate surface area is 96.5 Å². The molecular weight excluding hydrogens is 202 g/mol. The predicted molar refractivity (Wildman–Crippen MR) is 64.2 cm³/mol. The molecule has 0 saturated heterocycles. The minimum absolute atomic E-state index is 0.0371. The number of hydrogen-bond acceptors (Lipinski definition) is 3. The Hall–Kier alpha value is -1.42. The number of likely N-dealkylation sites (N-methyl/N-ethyl adjacent to an activating group) is 1. The molecule has 0 fully saturated rings. The van der Waals surface area contributed by atoms with Gasteiger partial charge < -0.3 is 10.6 Å². The Morgan fingerprint density at radius 3 is 2.81 bits per heavy atom. The molecule has 1 aromatic heterocycles. The number of hydrogen-bond donors (Lipinski definition) is 2. The van der Waals surface area contributed by atoms with E-state index in [0.717, 1.165) is 5.56 Å². The summed E-state index contributed by atoms with van der Waals surface area (Å²) in [6.07, 6.45) is 3.43. The molecule has 2 atom stereocenters. The highest BCUT2D eigenvalue weighted by molar-refractivity contribution is 5.83. The van der Waals surface area contributed by atoms with Crippen molar-refractivity contribution in [2.24, 2.45) is 0 Å². The first-order valence-corrected chi connectivity index (χ1v) is 5.50. The van der Waals surface area contributed by atoms with Gasteiger partial charge in [0.25, 0.3) is 0 Å². The van der Waals surface area contributed by atoms with E-state index in [4.69, 9.17) is 0 Å². The van der Waals surface area contributed by atoms with Crippen LogP contribution in [0.15, 0.2) is 24.5 Å². The molecule has 1 amide bonds. The highest BCUT2D eigenvalue weighted by Gasteiger charge is 2.15. The van der Waals surface area contributed by atoms with Crippen molar-refractivity contribution >= 4 is 5.91 Å². The van der Waals surface area contributed by atoms with Crippen LogP contribution >= 0.6 is 0 Å². The molecule has 0 saturated carbocycles. The summed E-state index contributed by atoms with van der Waals surface area (Å²) < 4.78 is 0. The van der Waals surface area contributed by atoms with Crippen molar-refractivity contribution in [3.05, 3.63) is 30.1 Å². The van der Waals surface area contributed by atoms with Gasteiger partial charge in [0.1, 0.15) is 0 Å². The van der Waals surface area contributed by atoms with Crippen molar-refractivity contribution in [3.63, 3.8) is 0 Å². The van der Waals surface area contributed by atoms with Gasteiger partial charge in [-0.25, -0.2) is 0 Å². The van der Waals surface area contributed by atoms with Gasteiger partial charge in [-0.2, -0.15) is 0 Å². The Morgan fingerprint density at radius 1 is 1.50 bits per heavy atom. The number of amides is 1.